The monoisotopic (exact) mass is 316 g/mol. The van der Waals surface area contributed by atoms with Crippen molar-refractivity contribution in [1.29, 1.82) is 0 Å². The predicted molar refractivity (Wildman–Crippen MR) is 84.3 cm³/mol. The van der Waals surface area contributed by atoms with E-state index in [1.165, 1.54) is 0 Å². The van der Waals surface area contributed by atoms with Crippen molar-refractivity contribution in [1.82, 2.24) is 9.78 Å². The predicted octanol–water partition coefficient (Wildman–Crippen LogP) is 2.39. The van der Waals surface area contributed by atoms with Gasteiger partial charge in [0.05, 0.1) is 24.6 Å². The van der Waals surface area contributed by atoms with Gasteiger partial charge in [0.15, 0.2) is 5.92 Å². The molecule has 0 fully saturated rings. The first-order valence-corrected chi connectivity index (χ1v) is 7.53. The molecule has 1 aromatic carbocycles. The average Bonchev–Trinajstić information content (AvgIpc) is 2.95. The minimum absolute atomic E-state index is 0.192. The number of benzene rings is 1. The molecule has 2 aromatic rings. The number of hydrogen-bond acceptors (Lipinski definition) is 5. The molecule has 122 valence electrons. The highest BCUT2D eigenvalue weighted by atomic mass is 16.6. The van der Waals surface area contributed by atoms with Crippen molar-refractivity contribution in [3.8, 4) is 5.69 Å². The van der Waals surface area contributed by atoms with Crippen LogP contribution in [0.2, 0.25) is 0 Å². The molecule has 6 nitrogen and oxygen atoms in total. The molecule has 1 heterocycles. The van der Waals surface area contributed by atoms with Crippen LogP contribution in [0.15, 0.2) is 36.5 Å². The van der Waals surface area contributed by atoms with E-state index >= 15 is 0 Å². The normalized spacial score (nSPS) is 10.6. The van der Waals surface area contributed by atoms with Gasteiger partial charge in [-0.3, -0.25) is 9.59 Å². The highest BCUT2D eigenvalue weighted by Gasteiger charge is 2.33. The molecule has 0 aliphatic carbocycles. The number of hydrogen-bond donors (Lipinski definition) is 0. The van der Waals surface area contributed by atoms with Crippen molar-refractivity contribution in [3.63, 3.8) is 0 Å². The summed E-state index contributed by atoms with van der Waals surface area (Å²) in [5, 5.41) is 4.35. The fourth-order valence-corrected chi connectivity index (χ4v) is 2.29. The van der Waals surface area contributed by atoms with Crippen LogP contribution >= 0.6 is 0 Å². The zero-order valence-corrected chi connectivity index (χ0v) is 13.5. The van der Waals surface area contributed by atoms with E-state index in [2.05, 4.69) is 5.10 Å². The summed E-state index contributed by atoms with van der Waals surface area (Å²) in [6.45, 7) is 5.65. The Morgan fingerprint density at radius 2 is 1.70 bits per heavy atom. The number of aromatic nitrogens is 2. The second-order valence-electron chi connectivity index (χ2n) is 4.90. The van der Waals surface area contributed by atoms with E-state index in [1.807, 2.05) is 19.1 Å². The minimum Gasteiger partial charge on any atom is -0.465 e. The lowest BCUT2D eigenvalue weighted by Crippen LogP contribution is -2.27. The molecule has 0 aliphatic rings. The van der Waals surface area contributed by atoms with Crippen molar-refractivity contribution in [2.24, 2.45) is 0 Å². The number of ether oxygens (including phenoxy) is 2. The molecule has 2 rings (SSSR count). The second-order valence-corrected chi connectivity index (χ2v) is 4.90. The van der Waals surface area contributed by atoms with Crippen LogP contribution in [0.3, 0.4) is 0 Å². The Kier molecular flexibility index (Phi) is 5.51. The fourth-order valence-electron chi connectivity index (χ4n) is 2.29. The highest BCUT2D eigenvalue weighted by Crippen LogP contribution is 2.26. The third kappa shape index (κ3) is 3.77. The number of esters is 2. The minimum atomic E-state index is -1.13. The van der Waals surface area contributed by atoms with Crippen molar-refractivity contribution >= 4 is 11.9 Å². The Balaban J connectivity index is 2.50. The molecular weight excluding hydrogens is 296 g/mol. The Bertz CT molecular complexity index is 675. The maximum atomic E-state index is 12.3. The molecule has 6 heteroatoms. The van der Waals surface area contributed by atoms with E-state index in [0.29, 0.717) is 11.3 Å². The molecular formula is C17H20N2O4. The number of carbonyl (C=O) groups excluding carboxylic acids is 2. The maximum absolute atomic E-state index is 12.3. The molecule has 0 bridgehead atoms. The molecule has 0 spiro atoms. The summed E-state index contributed by atoms with van der Waals surface area (Å²) in [7, 11) is 0. The fraction of sp³-hybridized carbons (Fsp3) is 0.353. The van der Waals surface area contributed by atoms with Gasteiger partial charge in [0, 0.05) is 11.8 Å². The second kappa shape index (κ2) is 7.58. The van der Waals surface area contributed by atoms with Crippen molar-refractivity contribution in [3.05, 3.63) is 47.8 Å². The van der Waals surface area contributed by atoms with Crippen LogP contribution < -0.4 is 0 Å². The average molecular weight is 316 g/mol. The lowest BCUT2D eigenvalue weighted by atomic mass is 9.97. The molecule has 0 atom stereocenters. The zero-order valence-electron chi connectivity index (χ0n) is 13.5. The first-order valence-electron chi connectivity index (χ1n) is 7.53. The largest absolute Gasteiger partial charge is 0.465 e. The van der Waals surface area contributed by atoms with Gasteiger partial charge in [-0.2, -0.15) is 5.10 Å². The lowest BCUT2D eigenvalue weighted by Gasteiger charge is -2.17. The number of aryl methyl sites for hydroxylation is 1. The van der Waals surface area contributed by atoms with Crippen LogP contribution in [0, 0.1) is 6.92 Å². The number of nitrogens with zero attached hydrogens (tertiary/aromatic N) is 2. The van der Waals surface area contributed by atoms with Gasteiger partial charge in [-0.05, 0) is 32.9 Å². The van der Waals surface area contributed by atoms with Gasteiger partial charge in [-0.1, -0.05) is 18.2 Å². The van der Waals surface area contributed by atoms with Gasteiger partial charge in [0.25, 0.3) is 0 Å². The third-order valence-electron chi connectivity index (χ3n) is 3.26. The zero-order chi connectivity index (χ0) is 16.8. The molecule has 0 saturated carbocycles. The summed E-state index contributed by atoms with van der Waals surface area (Å²) in [5.74, 6) is -2.37. The summed E-state index contributed by atoms with van der Waals surface area (Å²) in [6, 6.07) is 8.95. The first kappa shape index (κ1) is 16.7. The number of para-hydroxylation sites is 1. The van der Waals surface area contributed by atoms with Crippen LogP contribution in [0.25, 0.3) is 5.69 Å². The quantitative estimate of drug-likeness (QED) is 0.604. The summed E-state index contributed by atoms with van der Waals surface area (Å²) in [6.07, 6.45) is 1.78. The molecule has 0 N–H and O–H groups in total. The van der Waals surface area contributed by atoms with E-state index in [4.69, 9.17) is 9.47 Å². The SMILES string of the molecule is CCOC(=O)C(C(=O)OCC)c1ccccc1-n1ccc(C)n1. The van der Waals surface area contributed by atoms with Crippen LogP contribution in [-0.2, 0) is 19.1 Å². The van der Waals surface area contributed by atoms with E-state index in [9.17, 15) is 9.59 Å². The standard InChI is InChI=1S/C17H20N2O4/c1-4-22-16(20)15(17(21)23-5-2)13-8-6-7-9-14(13)19-11-10-12(3)18-19/h6-11,15H,4-5H2,1-3H3. The van der Waals surface area contributed by atoms with Gasteiger partial charge in [-0.15, -0.1) is 0 Å². The Hall–Kier alpha value is -2.63. The Morgan fingerprint density at radius 1 is 1.09 bits per heavy atom. The van der Waals surface area contributed by atoms with Gasteiger partial charge >= 0.3 is 11.9 Å². The van der Waals surface area contributed by atoms with E-state index in [-0.39, 0.29) is 13.2 Å². The third-order valence-corrected chi connectivity index (χ3v) is 3.26. The van der Waals surface area contributed by atoms with Crippen molar-refractivity contribution < 1.29 is 19.1 Å². The lowest BCUT2D eigenvalue weighted by molar-refractivity contribution is -0.156. The smallest absolute Gasteiger partial charge is 0.324 e. The molecule has 0 unspecified atom stereocenters. The molecule has 0 aliphatic heterocycles. The molecule has 1 aromatic heterocycles. The molecule has 23 heavy (non-hydrogen) atoms. The van der Waals surface area contributed by atoms with E-state index in [0.717, 1.165) is 5.69 Å². The molecule has 0 radical (unpaired) electrons. The maximum Gasteiger partial charge on any atom is 0.324 e. The van der Waals surface area contributed by atoms with Gasteiger partial charge in [-0.25, -0.2) is 4.68 Å². The van der Waals surface area contributed by atoms with Crippen molar-refractivity contribution in [2.45, 2.75) is 26.7 Å². The summed E-state index contributed by atoms with van der Waals surface area (Å²) < 4.78 is 11.7. The topological polar surface area (TPSA) is 70.4 Å². The first-order chi connectivity index (χ1) is 11.1. The van der Waals surface area contributed by atoms with Gasteiger partial charge in [0.1, 0.15) is 0 Å². The Labute approximate surface area is 135 Å². The summed E-state index contributed by atoms with van der Waals surface area (Å²) >= 11 is 0. The van der Waals surface area contributed by atoms with Gasteiger partial charge < -0.3 is 9.47 Å². The van der Waals surface area contributed by atoms with Crippen LogP contribution in [0.1, 0.15) is 31.0 Å². The van der Waals surface area contributed by atoms with Gasteiger partial charge in [0.2, 0.25) is 0 Å². The highest BCUT2D eigenvalue weighted by molar-refractivity contribution is 6.01. The Morgan fingerprint density at radius 3 is 2.22 bits per heavy atom. The number of carbonyl (C=O) groups is 2. The van der Waals surface area contributed by atoms with E-state index in [1.54, 1.807) is 42.9 Å². The van der Waals surface area contributed by atoms with E-state index < -0.39 is 17.9 Å². The van der Waals surface area contributed by atoms with Crippen LogP contribution in [0.4, 0.5) is 0 Å². The molecule has 0 saturated heterocycles. The van der Waals surface area contributed by atoms with Crippen LogP contribution in [-0.4, -0.2) is 34.9 Å². The number of rotatable bonds is 6. The molecule has 0 amide bonds. The summed E-state index contributed by atoms with van der Waals surface area (Å²) in [5.41, 5.74) is 1.99. The summed E-state index contributed by atoms with van der Waals surface area (Å²) in [4.78, 5) is 24.6. The van der Waals surface area contributed by atoms with Crippen molar-refractivity contribution in [2.75, 3.05) is 13.2 Å². The van der Waals surface area contributed by atoms with Crippen LogP contribution in [0.5, 0.6) is 0 Å².